The highest BCUT2D eigenvalue weighted by Gasteiger charge is 2.34. The minimum absolute atomic E-state index is 0.0694. The zero-order valence-corrected chi connectivity index (χ0v) is 18.3. The number of para-hydroxylation sites is 1. The first-order chi connectivity index (χ1) is 16.5. The zero-order valence-electron chi connectivity index (χ0n) is 18.3. The van der Waals surface area contributed by atoms with Crippen molar-refractivity contribution in [3.63, 3.8) is 0 Å². The first-order valence-corrected chi connectivity index (χ1v) is 10.8. The molecule has 0 aliphatic carbocycles. The monoisotopic (exact) mass is 451 g/mol. The lowest BCUT2D eigenvalue weighted by Gasteiger charge is -2.40. The Morgan fingerprint density at radius 1 is 1.15 bits per heavy atom. The lowest BCUT2D eigenvalue weighted by Crippen LogP contribution is -2.53. The van der Waals surface area contributed by atoms with Crippen LogP contribution in [0.15, 0.2) is 73.1 Å². The predicted molar refractivity (Wildman–Crippen MR) is 127 cm³/mol. The quantitative estimate of drug-likeness (QED) is 0.351. The van der Waals surface area contributed by atoms with E-state index in [4.69, 9.17) is 20.8 Å². The van der Waals surface area contributed by atoms with E-state index in [0.717, 1.165) is 17.7 Å². The van der Waals surface area contributed by atoms with Crippen molar-refractivity contribution in [2.45, 2.75) is 19.0 Å². The second-order valence-corrected chi connectivity index (χ2v) is 7.96. The van der Waals surface area contributed by atoms with Crippen LogP contribution in [0.5, 0.6) is 11.5 Å². The summed E-state index contributed by atoms with van der Waals surface area (Å²) in [4.78, 5) is 22.6. The first-order valence-electron chi connectivity index (χ1n) is 10.8. The van der Waals surface area contributed by atoms with E-state index < -0.39 is 0 Å². The molecule has 2 aromatic heterocycles. The number of hydrogen-bond donors (Lipinski definition) is 1. The average Bonchev–Trinajstić information content (AvgIpc) is 3.22. The van der Waals surface area contributed by atoms with Crippen LogP contribution in [-0.4, -0.2) is 43.1 Å². The SMILES string of the molecule is C=C(C#N)C(=O)N1CCC1Cn1nc(-c2ccc(Oc3ccccc3)cc2)c2c(N)ncnc21. The summed E-state index contributed by atoms with van der Waals surface area (Å²) in [5.41, 5.74) is 8.22. The van der Waals surface area contributed by atoms with Gasteiger partial charge in [-0.15, -0.1) is 0 Å². The second kappa shape index (κ2) is 8.67. The number of nitrogens with two attached hydrogens (primary N) is 1. The number of nitriles is 1. The molecule has 1 atom stereocenters. The molecule has 1 fully saturated rings. The van der Waals surface area contributed by atoms with Crippen LogP contribution in [0.1, 0.15) is 6.42 Å². The van der Waals surface area contributed by atoms with Gasteiger partial charge in [-0.05, 0) is 42.8 Å². The third-order valence-electron chi connectivity index (χ3n) is 5.85. The Labute approximate surface area is 195 Å². The Morgan fingerprint density at radius 3 is 2.56 bits per heavy atom. The highest BCUT2D eigenvalue weighted by molar-refractivity contribution is 5.98. The predicted octanol–water partition coefficient (Wildman–Crippen LogP) is 3.55. The topological polar surface area (TPSA) is 123 Å². The molecule has 2 aromatic carbocycles. The molecule has 34 heavy (non-hydrogen) atoms. The maximum absolute atomic E-state index is 12.4. The minimum Gasteiger partial charge on any atom is -0.457 e. The maximum Gasteiger partial charge on any atom is 0.264 e. The van der Waals surface area contributed by atoms with Crippen molar-refractivity contribution in [2.24, 2.45) is 0 Å². The highest BCUT2D eigenvalue weighted by Crippen LogP contribution is 2.33. The van der Waals surface area contributed by atoms with E-state index in [-0.39, 0.29) is 17.5 Å². The molecule has 5 rings (SSSR count). The van der Waals surface area contributed by atoms with Crippen LogP contribution >= 0.6 is 0 Å². The van der Waals surface area contributed by atoms with Crippen molar-refractivity contribution in [2.75, 3.05) is 12.3 Å². The summed E-state index contributed by atoms with van der Waals surface area (Å²) in [5, 5.41) is 14.4. The van der Waals surface area contributed by atoms with Gasteiger partial charge >= 0.3 is 0 Å². The number of aromatic nitrogens is 4. The Hall–Kier alpha value is -4.71. The van der Waals surface area contributed by atoms with E-state index in [1.165, 1.54) is 6.33 Å². The normalized spacial score (nSPS) is 14.9. The van der Waals surface area contributed by atoms with Gasteiger partial charge in [-0.2, -0.15) is 10.4 Å². The summed E-state index contributed by atoms with van der Waals surface area (Å²) in [6.07, 6.45) is 2.20. The van der Waals surface area contributed by atoms with Gasteiger partial charge in [0.25, 0.3) is 5.91 Å². The van der Waals surface area contributed by atoms with Gasteiger partial charge in [0, 0.05) is 12.1 Å². The number of nitrogen functional groups attached to an aromatic ring is 1. The third-order valence-corrected chi connectivity index (χ3v) is 5.85. The van der Waals surface area contributed by atoms with Crippen LogP contribution in [0, 0.1) is 11.3 Å². The number of nitrogens with zero attached hydrogens (tertiary/aromatic N) is 6. The second-order valence-electron chi connectivity index (χ2n) is 7.96. The molecule has 0 spiro atoms. The Kier molecular flexibility index (Phi) is 5.40. The average molecular weight is 451 g/mol. The molecule has 3 heterocycles. The van der Waals surface area contributed by atoms with Crippen molar-refractivity contribution in [3.05, 3.63) is 73.1 Å². The van der Waals surface area contributed by atoms with Crippen LogP contribution in [-0.2, 0) is 11.3 Å². The van der Waals surface area contributed by atoms with Crippen LogP contribution in [0.25, 0.3) is 22.3 Å². The van der Waals surface area contributed by atoms with Crippen LogP contribution < -0.4 is 10.5 Å². The summed E-state index contributed by atoms with van der Waals surface area (Å²) in [6.45, 7) is 4.54. The van der Waals surface area contributed by atoms with E-state index in [9.17, 15) is 4.79 Å². The molecule has 9 nitrogen and oxygen atoms in total. The number of hydrogen-bond acceptors (Lipinski definition) is 7. The van der Waals surface area contributed by atoms with Gasteiger partial charge in [0.15, 0.2) is 5.65 Å². The van der Waals surface area contributed by atoms with Gasteiger partial charge < -0.3 is 15.4 Å². The van der Waals surface area contributed by atoms with Crippen LogP contribution in [0.3, 0.4) is 0 Å². The van der Waals surface area contributed by atoms with Crippen molar-refractivity contribution in [1.82, 2.24) is 24.6 Å². The van der Waals surface area contributed by atoms with Gasteiger partial charge in [0.2, 0.25) is 0 Å². The Bertz CT molecular complexity index is 1420. The summed E-state index contributed by atoms with van der Waals surface area (Å²) in [7, 11) is 0. The lowest BCUT2D eigenvalue weighted by molar-refractivity contribution is -0.134. The fourth-order valence-corrected chi connectivity index (χ4v) is 3.98. The molecule has 9 heteroatoms. The van der Waals surface area contributed by atoms with E-state index in [0.29, 0.717) is 41.4 Å². The number of carbonyl (C=O) groups is 1. The molecule has 0 bridgehead atoms. The molecule has 0 radical (unpaired) electrons. The minimum atomic E-state index is -0.349. The molecule has 4 aromatic rings. The molecule has 1 saturated heterocycles. The van der Waals surface area contributed by atoms with E-state index >= 15 is 0 Å². The van der Waals surface area contributed by atoms with E-state index in [1.54, 1.807) is 9.58 Å². The number of fused-ring (bicyclic) bond motifs is 1. The van der Waals surface area contributed by atoms with E-state index in [1.807, 2.05) is 60.7 Å². The van der Waals surface area contributed by atoms with Gasteiger partial charge in [0.05, 0.1) is 18.0 Å². The molecule has 1 aliphatic heterocycles. The van der Waals surface area contributed by atoms with Crippen molar-refractivity contribution in [1.29, 1.82) is 5.26 Å². The van der Waals surface area contributed by atoms with Gasteiger partial charge in [0.1, 0.15) is 41.0 Å². The summed E-state index contributed by atoms with van der Waals surface area (Å²) in [5.74, 6) is 1.43. The number of amides is 1. The fourth-order valence-electron chi connectivity index (χ4n) is 3.98. The molecule has 1 unspecified atom stereocenters. The summed E-state index contributed by atoms with van der Waals surface area (Å²) >= 11 is 0. The maximum atomic E-state index is 12.4. The standard InChI is InChI=1S/C25H21N7O2/c1-16(13-26)25(33)31-12-11-18(31)14-32-24-21(23(27)28-15-29-24)22(30-32)17-7-9-20(10-8-17)34-19-5-3-2-4-6-19/h2-10,15,18H,1,11-12,14H2,(H2,27,28,29). The fraction of sp³-hybridized carbons (Fsp3) is 0.160. The molecule has 1 aliphatic rings. The molecule has 168 valence electrons. The Balaban J connectivity index is 1.44. The Morgan fingerprint density at radius 2 is 1.88 bits per heavy atom. The number of ether oxygens (including phenoxy) is 1. The summed E-state index contributed by atoms with van der Waals surface area (Å²) < 4.78 is 7.63. The van der Waals surface area contributed by atoms with Gasteiger partial charge in [-0.1, -0.05) is 24.8 Å². The number of rotatable bonds is 6. The van der Waals surface area contributed by atoms with Crippen molar-refractivity contribution < 1.29 is 9.53 Å². The third kappa shape index (κ3) is 3.82. The lowest BCUT2D eigenvalue weighted by atomic mass is 10.0. The smallest absolute Gasteiger partial charge is 0.264 e. The van der Waals surface area contributed by atoms with Gasteiger partial charge in [-0.3, -0.25) is 4.79 Å². The van der Waals surface area contributed by atoms with Crippen LogP contribution in [0.2, 0.25) is 0 Å². The molecular weight excluding hydrogens is 430 g/mol. The van der Waals surface area contributed by atoms with Crippen LogP contribution in [0.4, 0.5) is 5.82 Å². The number of anilines is 1. The molecule has 0 saturated carbocycles. The summed E-state index contributed by atoms with van der Waals surface area (Å²) in [6, 6.07) is 18.8. The molecular formula is C25H21N7O2. The number of likely N-dealkylation sites (tertiary alicyclic amines) is 1. The molecule has 2 N–H and O–H groups in total. The van der Waals surface area contributed by atoms with Gasteiger partial charge in [-0.25, -0.2) is 14.6 Å². The number of benzene rings is 2. The van der Waals surface area contributed by atoms with Crippen molar-refractivity contribution >= 4 is 22.8 Å². The van der Waals surface area contributed by atoms with E-state index in [2.05, 4.69) is 16.5 Å². The molecule has 1 amide bonds. The largest absolute Gasteiger partial charge is 0.457 e. The van der Waals surface area contributed by atoms with Crippen molar-refractivity contribution in [3.8, 4) is 28.8 Å². The first kappa shape index (κ1) is 21.2. The number of carbonyl (C=O) groups excluding carboxylic acids is 1. The highest BCUT2D eigenvalue weighted by atomic mass is 16.5. The zero-order chi connectivity index (χ0) is 23.7.